The Kier molecular flexibility index (Phi) is 3.23. The van der Waals surface area contributed by atoms with E-state index in [2.05, 4.69) is 9.97 Å². The van der Waals surface area contributed by atoms with Gasteiger partial charge >= 0.3 is 0 Å². The number of nitrogens with zero attached hydrogens (tertiary/aromatic N) is 2. The molecule has 2 aromatic rings. The molecule has 92 valence electrons. The van der Waals surface area contributed by atoms with Gasteiger partial charge in [0.05, 0.1) is 12.8 Å². The van der Waals surface area contributed by atoms with Gasteiger partial charge in [-0.3, -0.25) is 4.79 Å². The SMILES string of the molecule is COc1cccc(-c2cc(C(C)=O)nc(N)n2)c1. The molecule has 0 aliphatic heterocycles. The second-order valence-electron chi connectivity index (χ2n) is 3.78. The molecule has 1 aromatic carbocycles. The fourth-order valence-electron chi connectivity index (χ4n) is 1.58. The molecular formula is C13H13N3O2. The molecule has 5 heteroatoms. The zero-order valence-electron chi connectivity index (χ0n) is 10.2. The molecule has 0 atom stereocenters. The first-order chi connectivity index (χ1) is 8.60. The van der Waals surface area contributed by atoms with Crippen molar-refractivity contribution in [3.05, 3.63) is 36.0 Å². The normalized spacial score (nSPS) is 10.1. The molecular weight excluding hydrogens is 230 g/mol. The summed E-state index contributed by atoms with van der Waals surface area (Å²) >= 11 is 0. The highest BCUT2D eigenvalue weighted by Gasteiger charge is 2.08. The summed E-state index contributed by atoms with van der Waals surface area (Å²) in [4.78, 5) is 19.3. The van der Waals surface area contributed by atoms with Crippen LogP contribution in [0.5, 0.6) is 5.75 Å². The summed E-state index contributed by atoms with van der Waals surface area (Å²) in [5.41, 5.74) is 7.33. The first kappa shape index (κ1) is 12.0. The van der Waals surface area contributed by atoms with Crippen LogP contribution in [0.15, 0.2) is 30.3 Å². The first-order valence-electron chi connectivity index (χ1n) is 5.40. The van der Waals surface area contributed by atoms with Gasteiger partial charge in [0.1, 0.15) is 11.4 Å². The number of hydrogen-bond acceptors (Lipinski definition) is 5. The summed E-state index contributed by atoms with van der Waals surface area (Å²) in [5.74, 6) is 0.655. The van der Waals surface area contributed by atoms with Crippen molar-refractivity contribution < 1.29 is 9.53 Å². The highest BCUT2D eigenvalue weighted by atomic mass is 16.5. The van der Waals surface area contributed by atoms with E-state index in [9.17, 15) is 4.79 Å². The van der Waals surface area contributed by atoms with E-state index < -0.39 is 0 Å². The van der Waals surface area contributed by atoms with E-state index in [0.29, 0.717) is 17.1 Å². The number of nitrogen functional groups attached to an aromatic ring is 1. The molecule has 0 amide bonds. The van der Waals surface area contributed by atoms with Gasteiger partial charge in [0.2, 0.25) is 5.95 Å². The number of rotatable bonds is 3. The lowest BCUT2D eigenvalue weighted by molar-refractivity contribution is 0.101. The monoisotopic (exact) mass is 243 g/mol. The average Bonchev–Trinajstić information content (AvgIpc) is 2.38. The summed E-state index contributed by atoms with van der Waals surface area (Å²) < 4.78 is 5.14. The van der Waals surface area contributed by atoms with Crippen LogP contribution < -0.4 is 10.5 Å². The number of carbonyl (C=O) groups is 1. The predicted octanol–water partition coefficient (Wildman–Crippen LogP) is 1.94. The lowest BCUT2D eigenvalue weighted by Crippen LogP contribution is -2.04. The molecule has 5 nitrogen and oxygen atoms in total. The summed E-state index contributed by atoms with van der Waals surface area (Å²) in [7, 11) is 1.59. The van der Waals surface area contributed by atoms with Crippen LogP contribution in [-0.2, 0) is 0 Å². The van der Waals surface area contributed by atoms with Crippen LogP contribution in [0.1, 0.15) is 17.4 Å². The van der Waals surface area contributed by atoms with Gasteiger partial charge in [-0.2, -0.15) is 0 Å². The first-order valence-corrected chi connectivity index (χ1v) is 5.40. The fourth-order valence-corrected chi connectivity index (χ4v) is 1.58. The molecule has 2 rings (SSSR count). The minimum Gasteiger partial charge on any atom is -0.497 e. The summed E-state index contributed by atoms with van der Waals surface area (Å²) in [6.45, 7) is 1.44. The molecule has 0 aliphatic carbocycles. The maximum Gasteiger partial charge on any atom is 0.221 e. The maximum atomic E-state index is 11.3. The molecule has 0 aliphatic rings. The van der Waals surface area contributed by atoms with E-state index in [1.54, 1.807) is 13.2 Å². The van der Waals surface area contributed by atoms with Crippen LogP contribution in [0.4, 0.5) is 5.95 Å². The largest absolute Gasteiger partial charge is 0.497 e. The van der Waals surface area contributed by atoms with Crippen molar-refractivity contribution in [1.82, 2.24) is 9.97 Å². The number of benzene rings is 1. The topological polar surface area (TPSA) is 78.1 Å². The third-order valence-electron chi connectivity index (χ3n) is 2.47. The summed E-state index contributed by atoms with van der Waals surface area (Å²) in [5, 5.41) is 0. The van der Waals surface area contributed by atoms with Gasteiger partial charge in [-0.25, -0.2) is 9.97 Å². The van der Waals surface area contributed by atoms with Crippen LogP contribution in [0.25, 0.3) is 11.3 Å². The second kappa shape index (κ2) is 4.83. The molecule has 0 saturated heterocycles. The molecule has 0 spiro atoms. The number of Topliss-reactive ketones (excluding diaryl/α,β-unsaturated/α-hetero) is 1. The van der Waals surface area contributed by atoms with Gasteiger partial charge < -0.3 is 10.5 Å². The van der Waals surface area contributed by atoms with E-state index in [4.69, 9.17) is 10.5 Å². The Bertz CT molecular complexity index is 597. The van der Waals surface area contributed by atoms with Crippen LogP contribution in [0, 0.1) is 0 Å². The van der Waals surface area contributed by atoms with Gasteiger partial charge in [-0.1, -0.05) is 12.1 Å². The van der Waals surface area contributed by atoms with E-state index in [-0.39, 0.29) is 11.7 Å². The van der Waals surface area contributed by atoms with Crippen molar-refractivity contribution >= 4 is 11.7 Å². The molecule has 0 bridgehead atoms. The molecule has 0 unspecified atom stereocenters. The number of ketones is 1. The molecule has 2 N–H and O–H groups in total. The van der Waals surface area contributed by atoms with Crippen molar-refractivity contribution in [2.45, 2.75) is 6.92 Å². The minimum atomic E-state index is -0.145. The third-order valence-corrected chi connectivity index (χ3v) is 2.47. The van der Waals surface area contributed by atoms with Gasteiger partial charge in [0.15, 0.2) is 5.78 Å². The zero-order chi connectivity index (χ0) is 13.1. The lowest BCUT2D eigenvalue weighted by Gasteiger charge is -2.06. The Balaban J connectivity index is 2.52. The number of aromatic nitrogens is 2. The molecule has 0 fully saturated rings. The van der Waals surface area contributed by atoms with Crippen molar-refractivity contribution in [3.8, 4) is 17.0 Å². The van der Waals surface area contributed by atoms with Crippen molar-refractivity contribution in [2.24, 2.45) is 0 Å². The van der Waals surface area contributed by atoms with Crippen molar-refractivity contribution in [3.63, 3.8) is 0 Å². The van der Waals surface area contributed by atoms with Crippen LogP contribution in [0.2, 0.25) is 0 Å². The highest BCUT2D eigenvalue weighted by molar-refractivity contribution is 5.93. The number of hydrogen-bond donors (Lipinski definition) is 1. The molecule has 18 heavy (non-hydrogen) atoms. The maximum absolute atomic E-state index is 11.3. The van der Waals surface area contributed by atoms with Crippen molar-refractivity contribution in [1.29, 1.82) is 0 Å². The number of carbonyl (C=O) groups excluding carboxylic acids is 1. The van der Waals surface area contributed by atoms with Crippen molar-refractivity contribution in [2.75, 3.05) is 12.8 Å². The standard InChI is InChI=1S/C13H13N3O2/c1-8(17)11-7-12(16-13(14)15-11)9-4-3-5-10(6-9)18-2/h3-7H,1-2H3,(H2,14,15,16). The zero-order valence-corrected chi connectivity index (χ0v) is 10.2. The van der Waals surface area contributed by atoms with Gasteiger partial charge in [0.25, 0.3) is 0 Å². The fraction of sp³-hybridized carbons (Fsp3) is 0.154. The average molecular weight is 243 g/mol. The van der Waals surface area contributed by atoms with E-state index in [0.717, 1.165) is 5.56 Å². The van der Waals surface area contributed by atoms with E-state index in [1.807, 2.05) is 24.3 Å². The van der Waals surface area contributed by atoms with Gasteiger partial charge in [0, 0.05) is 12.5 Å². The number of methoxy groups -OCH3 is 1. The Morgan fingerprint density at radius 3 is 2.72 bits per heavy atom. The summed E-state index contributed by atoms with van der Waals surface area (Å²) in [6.07, 6.45) is 0. The summed E-state index contributed by atoms with van der Waals surface area (Å²) in [6, 6.07) is 8.99. The molecule has 0 radical (unpaired) electrons. The minimum absolute atomic E-state index is 0.0838. The van der Waals surface area contributed by atoms with Gasteiger partial charge in [-0.15, -0.1) is 0 Å². The van der Waals surface area contributed by atoms with Crippen LogP contribution in [-0.4, -0.2) is 22.9 Å². The Labute approximate surface area is 105 Å². The van der Waals surface area contributed by atoms with Gasteiger partial charge in [-0.05, 0) is 18.2 Å². The Hall–Kier alpha value is -2.43. The molecule has 1 aromatic heterocycles. The number of nitrogens with two attached hydrogens (primary N) is 1. The Morgan fingerprint density at radius 2 is 2.06 bits per heavy atom. The van der Waals surface area contributed by atoms with E-state index in [1.165, 1.54) is 6.92 Å². The van der Waals surface area contributed by atoms with Crippen LogP contribution in [0.3, 0.4) is 0 Å². The van der Waals surface area contributed by atoms with Crippen LogP contribution >= 0.6 is 0 Å². The predicted molar refractivity (Wildman–Crippen MR) is 68.4 cm³/mol. The highest BCUT2D eigenvalue weighted by Crippen LogP contribution is 2.23. The lowest BCUT2D eigenvalue weighted by atomic mass is 10.1. The van der Waals surface area contributed by atoms with E-state index >= 15 is 0 Å². The third kappa shape index (κ3) is 2.45. The quantitative estimate of drug-likeness (QED) is 0.833. The number of ether oxygens (including phenoxy) is 1. The molecule has 1 heterocycles. The molecule has 0 saturated carbocycles. The Morgan fingerprint density at radius 1 is 1.28 bits per heavy atom. The number of anilines is 1. The second-order valence-corrected chi connectivity index (χ2v) is 3.78. The smallest absolute Gasteiger partial charge is 0.221 e.